The maximum atomic E-state index is 12.5. The van der Waals surface area contributed by atoms with Crippen LogP contribution in [0.25, 0.3) is 33.0 Å². The molecule has 8 nitrogen and oxygen atoms in total. The largest absolute Gasteiger partial charge is 0.328 e. The van der Waals surface area contributed by atoms with Crippen molar-refractivity contribution in [1.82, 2.24) is 29.1 Å². The van der Waals surface area contributed by atoms with Gasteiger partial charge in [-0.2, -0.15) is 4.98 Å². The third-order valence-corrected chi connectivity index (χ3v) is 5.03. The second kappa shape index (κ2) is 6.58. The smallest absolute Gasteiger partial charge is 0.303 e. The molecule has 0 spiro atoms. The number of nitrogens with one attached hydrogen (secondary N) is 1. The number of benzene rings is 2. The molecule has 0 atom stereocenters. The molecule has 0 saturated heterocycles. The van der Waals surface area contributed by atoms with E-state index in [1.165, 1.54) is 4.57 Å². The van der Waals surface area contributed by atoms with Gasteiger partial charge in [0.05, 0.1) is 30.3 Å². The molecule has 140 valence electrons. The average Bonchev–Trinajstić information content (AvgIpc) is 3.29. The summed E-state index contributed by atoms with van der Waals surface area (Å²) >= 11 is 6.26. The van der Waals surface area contributed by atoms with Crippen LogP contribution in [0, 0.1) is 6.57 Å². The summed E-state index contributed by atoms with van der Waals surface area (Å²) in [7, 11) is 0. The zero-order valence-corrected chi connectivity index (χ0v) is 15.6. The SMILES string of the molecule is [C-]#[N+]c1ccc2ncn(-c3ncc4[nH]c(=O)n(Cc5ccccc5Cl)c4n3)c2c1. The summed E-state index contributed by atoms with van der Waals surface area (Å²) in [6, 6.07) is 12.6. The summed E-state index contributed by atoms with van der Waals surface area (Å²) < 4.78 is 3.21. The summed E-state index contributed by atoms with van der Waals surface area (Å²) in [4.78, 5) is 32.0. The van der Waals surface area contributed by atoms with Crippen molar-refractivity contribution in [2.75, 3.05) is 0 Å². The van der Waals surface area contributed by atoms with E-state index in [0.717, 1.165) is 11.1 Å². The van der Waals surface area contributed by atoms with Crippen LogP contribution in [-0.4, -0.2) is 29.1 Å². The predicted molar refractivity (Wildman–Crippen MR) is 110 cm³/mol. The van der Waals surface area contributed by atoms with Crippen LogP contribution in [0.15, 0.2) is 59.8 Å². The van der Waals surface area contributed by atoms with Gasteiger partial charge in [-0.15, -0.1) is 0 Å². The van der Waals surface area contributed by atoms with E-state index in [1.807, 2.05) is 18.2 Å². The van der Waals surface area contributed by atoms with E-state index in [-0.39, 0.29) is 12.2 Å². The summed E-state index contributed by atoms with van der Waals surface area (Å²) in [6.45, 7) is 7.50. The van der Waals surface area contributed by atoms with Gasteiger partial charge in [0.1, 0.15) is 11.8 Å². The zero-order chi connectivity index (χ0) is 20.0. The van der Waals surface area contributed by atoms with E-state index in [0.29, 0.717) is 33.3 Å². The molecule has 0 radical (unpaired) electrons. The van der Waals surface area contributed by atoms with Crippen molar-refractivity contribution in [1.29, 1.82) is 0 Å². The molecule has 29 heavy (non-hydrogen) atoms. The lowest BCUT2D eigenvalue weighted by atomic mass is 10.2. The first-order chi connectivity index (χ1) is 14.1. The van der Waals surface area contributed by atoms with Crippen molar-refractivity contribution in [3.05, 3.63) is 87.5 Å². The number of rotatable bonds is 3. The van der Waals surface area contributed by atoms with E-state index in [2.05, 4.69) is 24.8 Å². The van der Waals surface area contributed by atoms with Crippen LogP contribution in [0.3, 0.4) is 0 Å². The Morgan fingerprint density at radius 1 is 1.17 bits per heavy atom. The number of imidazole rings is 2. The quantitative estimate of drug-likeness (QED) is 0.467. The number of hydrogen-bond acceptors (Lipinski definition) is 4. The Hall–Kier alpha value is -3.96. The Morgan fingerprint density at radius 3 is 2.86 bits per heavy atom. The lowest BCUT2D eigenvalue weighted by Gasteiger charge is -2.07. The number of nitrogens with zero attached hydrogens (tertiary/aromatic N) is 6. The molecule has 3 aromatic heterocycles. The average molecular weight is 402 g/mol. The summed E-state index contributed by atoms with van der Waals surface area (Å²) in [6.07, 6.45) is 3.16. The summed E-state index contributed by atoms with van der Waals surface area (Å²) in [5, 5.41) is 0.579. The van der Waals surface area contributed by atoms with Crippen LogP contribution in [0.5, 0.6) is 0 Å². The molecule has 0 unspecified atom stereocenters. The Balaban J connectivity index is 1.67. The highest BCUT2D eigenvalue weighted by Gasteiger charge is 2.14. The van der Waals surface area contributed by atoms with Crippen LogP contribution < -0.4 is 5.69 Å². The topological polar surface area (TPSA) is 85.8 Å². The molecule has 1 N–H and O–H groups in total. The molecule has 0 aliphatic rings. The van der Waals surface area contributed by atoms with Gasteiger partial charge in [0.15, 0.2) is 11.3 Å². The summed E-state index contributed by atoms with van der Waals surface area (Å²) in [5.74, 6) is 0.356. The monoisotopic (exact) mass is 401 g/mol. The van der Waals surface area contributed by atoms with Crippen molar-refractivity contribution in [2.45, 2.75) is 6.54 Å². The van der Waals surface area contributed by atoms with Gasteiger partial charge in [0, 0.05) is 5.02 Å². The molecule has 9 heteroatoms. The highest BCUT2D eigenvalue weighted by Crippen LogP contribution is 2.23. The van der Waals surface area contributed by atoms with E-state index in [9.17, 15) is 4.79 Å². The van der Waals surface area contributed by atoms with Crippen LogP contribution >= 0.6 is 11.6 Å². The lowest BCUT2D eigenvalue weighted by molar-refractivity contribution is 0.775. The van der Waals surface area contributed by atoms with Gasteiger partial charge in [-0.25, -0.2) is 19.6 Å². The fourth-order valence-corrected chi connectivity index (χ4v) is 3.42. The minimum absolute atomic E-state index is 0.279. The van der Waals surface area contributed by atoms with Gasteiger partial charge in [0.2, 0.25) is 5.95 Å². The van der Waals surface area contributed by atoms with Gasteiger partial charge in [0.25, 0.3) is 0 Å². The van der Waals surface area contributed by atoms with Gasteiger partial charge in [-0.05, 0) is 23.8 Å². The predicted octanol–water partition coefficient (Wildman–Crippen LogP) is 3.71. The number of fused-ring (bicyclic) bond motifs is 2. The first-order valence-electron chi connectivity index (χ1n) is 8.68. The van der Waals surface area contributed by atoms with Crippen LogP contribution in [0.1, 0.15) is 5.56 Å². The molecule has 0 amide bonds. The van der Waals surface area contributed by atoms with E-state index < -0.39 is 0 Å². The van der Waals surface area contributed by atoms with E-state index in [4.69, 9.17) is 18.2 Å². The van der Waals surface area contributed by atoms with Gasteiger partial charge in [-0.3, -0.25) is 9.13 Å². The molecule has 0 aliphatic heterocycles. The molecule has 0 saturated carbocycles. The van der Waals surface area contributed by atoms with Crippen molar-refractivity contribution >= 4 is 39.5 Å². The number of H-pyrrole nitrogens is 1. The molecule has 5 rings (SSSR count). The third-order valence-electron chi connectivity index (χ3n) is 4.66. The highest BCUT2D eigenvalue weighted by atomic mass is 35.5. The maximum absolute atomic E-state index is 12.5. The molecule has 0 bridgehead atoms. The molecule has 0 fully saturated rings. The van der Waals surface area contributed by atoms with E-state index >= 15 is 0 Å². The number of aromatic amines is 1. The van der Waals surface area contributed by atoms with Crippen molar-refractivity contribution in [2.24, 2.45) is 0 Å². The second-order valence-electron chi connectivity index (χ2n) is 6.41. The zero-order valence-electron chi connectivity index (χ0n) is 14.9. The molecule has 2 aromatic carbocycles. The maximum Gasteiger partial charge on any atom is 0.328 e. The molecular formula is C20H12ClN7O. The molecule has 5 aromatic rings. The number of aromatic nitrogens is 6. The van der Waals surface area contributed by atoms with Crippen molar-refractivity contribution < 1.29 is 0 Å². The van der Waals surface area contributed by atoms with Crippen LogP contribution in [0.4, 0.5) is 5.69 Å². The first-order valence-corrected chi connectivity index (χ1v) is 9.06. The summed E-state index contributed by atoms with van der Waals surface area (Å²) in [5.41, 5.74) is 3.44. The lowest BCUT2D eigenvalue weighted by Crippen LogP contribution is -2.18. The fraction of sp³-hybridized carbons (Fsp3) is 0.0500. The third kappa shape index (κ3) is 2.85. The van der Waals surface area contributed by atoms with Crippen LogP contribution in [-0.2, 0) is 6.54 Å². The standard InChI is InChI=1S/C20H12ClN7O/c1-22-13-6-7-15-17(8-13)28(11-24-15)19-23-9-16-18(26-19)27(20(29)25-16)10-12-4-2-3-5-14(12)21/h2-9,11H,10H2,(H,25,29). The first kappa shape index (κ1) is 17.2. The van der Waals surface area contributed by atoms with Crippen LogP contribution in [0.2, 0.25) is 5.02 Å². The molecule has 3 heterocycles. The second-order valence-corrected chi connectivity index (χ2v) is 6.82. The molecule has 0 aliphatic carbocycles. The molecular weight excluding hydrogens is 390 g/mol. The number of halogens is 1. The van der Waals surface area contributed by atoms with Crippen molar-refractivity contribution in [3.8, 4) is 5.95 Å². The minimum atomic E-state index is -0.294. The Bertz CT molecular complexity index is 1490. The Labute approximate surface area is 168 Å². The minimum Gasteiger partial charge on any atom is -0.303 e. The van der Waals surface area contributed by atoms with Gasteiger partial charge >= 0.3 is 5.69 Å². The Morgan fingerprint density at radius 2 is 2.03 bits per heavy atom. The van der Waals surface area contributed by atoms with Crippen molar-refractivity contribution in [3.63, 3.8) is 0 Å². The van der Waals surface area contributed by atoms with E-state index in [1.54, 1.807) is 41.4 Å². The van der Waals surface area contributed by atoms with Gasteiger partial charge < -0.3 is 4.98 Å². The number of hydrogen-bond donors (Lipinski definition) is 1. The highest BCUT2D eigenvalue weighted by molar-refractivity contribution is 6.31. The normalized spacial score (nSPS) is 11.2. The van der Waals surface area contributed by atoms with Gasteiger partial charge in [-0.1, -0.05) is 35.9 Å². The Kier molecular flexibility index (Phi) is 3.89. The fourth-order valence-electron chi connectivity index (χ4n) is 3.22.